The van der Waals surface area contributed by atoms with Crippen LogP contribution >= 0.6 is 0 Å². The highest BCUT2D eigenvalue weighted by Crippen LogP contribution is 2.26. The summed E-state index contributed by atoms with van der Waals surface area (Å²) in [5.41, 5.74) is -0.607. The Bertz CT molecular complexity index is 266. The normalized spacial score (nSPS) is 15.2. The highest BCUT2D eigenvalue weighted by atomic mass is 19.4. The van der Waals surface area contributed by atoms with Crippen molar-refractivity contribution in [2.75, 3.05) is 0 Å². The van der Waals surface area contributed by atoms with Gasteiger partial charge in [-0.05, 0) is 20.8 Å². The number of carbonyl (C=O) groups is 1. The maximum absolute atomic E-state index is 12.1. The van der Waals surface area contributed by atoms with Crippen LogP contribution in [0.5, 0.6) is 0 Å². The molecule has 1 atom stereocenters. The second-order valence-electron chi connectivity index (χ2n) is 4.70. The SMILES string of the molecule is C[C@H](/C=C/CC(=O)OC(C)(C)C)[B-](F)(F)F. The van der Waals surface area contributed by atoms with E-state index in [2.05, 4.69) is 0 Å². The zero-order valence-corrected chi connectivity index (χ0v) is 9.97. The molecule has 6 heteroatoms. The smallest absolute Gasteiger partial charge is 0.460 e. The van der Waals surface area contributed by atoms with E-state index in [9.17, 15) is 17.7 Å². The summed E-state index contributed by atoms with van der Waals surface area (Å²) in [5.74, 6) is -2.01. The lowest BCUT2D eigenvalue weighted by Gasteiger charge is -2.20. The number of halogens is 3. The van der Waals surface area contributed by atoms with Gasteiger partial charge >= 0.3 is 12.9 Å². The molecule has 0 aromatic carbocycles. The van der Waals surface area contributed by atoms with Crippen LogP contribution in [0.3, 0.4) is 0 Å². The van der Waals surface area contributed by atoms with E-state index >= 15 is 0 Å². The van der Waals surface area contributed by atoms with Crippen LogP contribution in [0.4, 0.5) is 12.9 Å². The predicted octanol–water partition coefficient (Wildman–Crippen LogP) is 3.51. The Labute approximate surface area is 93.9 Å². The van der Waals surface area contributed by atoms with Crippen molar-refractivity contribution < 1.29 is 22.5 Å². The Hall–Kier alpha value is -0.935. The van der Waals surface area contributed by atoms with E-state index in [1.165, 1.54) is 6.08 Å². The van der Waals surface area contributed by atoms with Gasteiger partial charge in [-0.3, -0.25) is 4.79 Å². The Morgan fingerprint density at radius 3 is 2.25 bits per heavy atom. The zero-order valence-electron chi connectivity index (χ0n) is 9.97. The van der Waals surface area contributed by atoms with Gasteiger partial charge in [0.15, 0.2) is 0 Å². The van der Waals surface area contributed by atoms with Crippen molar-refractivity contribution >= 4 is 12.9 Å². The van der Waals surface area contributed by atoms with Crippen molar-refractivity contribution in [1.29, 1.82) is 0 Å². The van der Waals surface area contributed by atoms with Crippen LogP contribution in [-0.4, -0.2) is 18.5 Å². The minimum absolute atomic E-state index is 0.131. The van der Waals surface area contributed by atoms with Crippen molar-refractivity contribution in [3.05, 3.63) is 12.2 Å². The molecule has 0 aromatic heterocycles. The number of allylic oxidation sites excluding steroid dienone is 1. The van der Waals surface area contributed by atoms with E-state index < -0.39 is 24.4 Å². The minimum atomic E-state index is -4.87. The summed E-state index contributed by atoms with van der Waals surface area (Å²) >= 11 is 0. The first-order valence-corrected chi connectivity index (χ1v) is 5.11. The third-order valence-electron chi connectivity index (χ3n) is 1.74. The van der Waals surface area contributed by atoms with E-state index in [-0.39, 0.29) is 6.42 Å². The van der Waals surface area contributed by atoms with Gasteiger partial charge in [0.1, 0.15) is 5.60 Å². The van der Waals surface area contributed by atoms with E-state index in [1.54, 1.807) is 20.8 Å². The Morgan fingerprint density at radius 1 is 1.38 bits per heavy atom. The molecule has 0 fully saturated rings. The first kappa shape index (κ1) is 15.1. The molecule has 0 saturated carbocycles. The monoisotopic (exact) mass is 237 g/mol. The Morgan fingerprint density at radius 2 is 1.88 bits per heavy atom. The van der Waals surface area contributed by atoms with Crippen molar-refractivity contribution in [2.45, 2.75) is 45.5 Å². The Kier molecular flexibility index (Phi) is 5.09. The first-order valence-electron chi connectivity index (χ1n) is 5.11. The van der Waals surface area contributed by atoms with Crippen LogP contribution in [0.25, 0.3) is 0 Å². The maximum atomic E-state index is 12.1. The molecule has 0 aromatic rings. The van der Waals surface area contributed by atoms with E-state index in [0.29, 0.717) is 0 Å². The minimum Gasteiger partial charge on any atom is -0.460 e. The van der Waals surface area contributed by atoms with Crippen molar-refractivity contribution in [3.8, 4) is 0 Å². The number of esters is 1. The van der Waals surface area contributed by atoms with Crippen LogP contribution in [-0.2, 0) is 9.53 Å². The second kappa shape index (κ2) is 5.41. The lowest BCUT2D eigenvalue weighted by Crippen LogP contribution is -2.23. The summed E-state index contributed by atoms with van der Waals surface area (Å²) in [6.45, 7) is 1.30. The standard InChI is InChI=1S/C10H17BF3O2/c1-8(11(12,13)14)6-5-7-9(15)16-10(2,3)4/h5-6,8H,7H2,1-4H3/q-1/b6-5+/t8-/m1/s1. The summed E-state index contributed by atoms with van der Waals surface area (Å²) in [5, 5.41) is 0. The number of rotatable bonds is 4. The number of hydrogen-bond acceptors (Lipinski definition) is 2. The number of ether oxygens (including phenoxy) is 1. The van der Waals surface area contributed by atoms with Crippen LogP contribution in [0.15, 0.2) is 12.2 Å². The molecule has 2 nitrogen and oxygen atoms in total. The molecule has 0 rings (SSSR count). The molecular weight excluding hydrogens is 220 g/mol. The summed E-state index contributed by atoms with van der Waals surface area (Å²) in [4.78, 5) is 11.1. The van der Waals surface area contributed by atoms with E-state index in [4.69, 9.17) is 4.74 Å². The molecular formula is C10H17BF3O2-. The van der Waals surface area contributed by atoms with Crippen LogP contribution < -0.4 is 0 Å². The van der Waals surface area contributed by atoms with Crippen molar-refractivity contribution in [3.63, 3.8) is 0 Å². The second-order valence-corrected chi connectivity index (χ2v) is 4.70. The maximum Gasteiger partial charge on any atom is 0.484 e. The third kappa shape index (κ3) is 7.37. The van der Waals surface area contributed by atoms with E-state index in [1.807, 2.05) is 0 Å². The van der Waals surface area contributed by atoms with Gasteiger partial charge in [-0.25, -0.2) is 0 Å². The van der Waals surface area contributed by atoms with Gasteiger partial charge in [0, 0.05) is 0 Å². The molecule has 94 valence electrons. The summed E-state index contributed by atoms with van der Waals surface area (Å²) in [6, 6.07) is 0. The molecule has 0 bridgehead atoms. The molecule has 0 N–H and O–H groups in total. The first-order chi connectivity index (χ1) is 7.02. The molecule has 0 heterocycles. The van der Waals surface area contributed by atoms with Gasteiger partial charge in [-0.2, -0.15) is 0 Å². The summed E-state index contributed by atoms with van der Waals surface area (Å²) in [6.07, 6.45) is 2.06. The van der Waals surface area contributed by atoms with E-state index in [0.717, 1.165) is 13.0 Å². The average molecular weight is 237 g/mol. The molecule has 0 aliphatic heterocycles. The van der Waals surface area contributed by atoms with Gasteiger partial charge in [0.25, 0.3) is 0 Å². The lowest BCUT2D eigenvalue weighted by atomic mass is 9.74. The van der Waals surface area contributed by atoms with Gasteiger partial charge in [0.2, 0.25) is 0 Å². The topological polar surface area (TPSA) is 26.3 Å². The number of hydrogen-bond donors (Lipinski definition) is 0. The van der Waals surface area contributed by atoms with Crippen LogP contribution in [0.2, 0.25) is 5.82 Å². The average Bonchev–Trinajstić information content (AvgIpc) is 1.98. The van der Waals surface area contributed by atoms with Crippen molar-refractivity contribution in [2.24, 2.45) is 0 Å². The van der Waals surface area contributed by atoms with Gasteiger partial charge in [-0.15, -0.1) is 6.08 Å². The highest BCUT2D eigenvalue weighted by molar-refractivity contribution is 6.60. The fourth-order valence-corrected chi connectivity index (χ4v) is 0.888. The van der Waals surface area contributed by atoms with Crippen LogP contribution in [0, 0.1) is 0 Å². The molecule has 0 radical (unpaired) electrons. The Balaban J connectivity index is 4.07. The quantitative estimate of drug-likeness (QED) is 0.424. The van der Waals surface area contributed by atoms with Crippen LogP contribution in [0.1, 0.15) is 34.1 Å². The molecule has 0 aliphatic rings. The molecule has 0 unspecified atom stereocenters. The summed E-state index contributed by atoms with van der Waals surface area (Å²) in [7, 11) is 0. The lowest BCUT2D eigenvalue weighted by molar-refractivity contribution is -0.153. The summed E-state index contributed by atoms with van der Waals surface area (Å²) < 4.78 is 41.4. The fraction of sp³-hybridized carbons (Fsp3) is 0.700. The third-order valence-corrected chi connectivity index (χ3v) is 1.74. The fourth-order valence-electron chi connectivity index (χ4n) is 0.888. The molecule has 16 heavy (non-hydrogen) atoms. The molecule has 0 spiro atoms. The van der Waals surface area contributed by atoms with Gasteiger partial charge in [0.05, 0.1) is 6.42 Å². The zero-order chi connectivity index (χ0) is 13.0. The van der Waals surface area contributed by atoms with Gasteiger partial charge < -0.3 is 17.7 Å². The highest BCUT2D eigenvalue weighted by Gasteiger charge is 2.29. The molecule has 0 amide bonds. The van der Waals surface area contributed by atoms with Gasteiger partial charge in [-0.1, -0.05) is 18.8 Å². The number of carbonyl (C=O) groups excluding carboxylic acids is 1. The largest absolute Gasteiger partial charge is 0.484 e. The van der Waals surface area contributed by atoms with Crippen molar-refractivity contribution in [1.82, 2.24) is 0 Å². The predicted molar refractivity (Wildman–Crippen MR) is 58.1 cm³/mol. The molecule has 0 saturated heterocycles. The molecule has 0 aliphatic carbocycles.